The summed E-state index contributed by atoms with van der Waals surface area (Å²) in [6, 6.07) is 22.9. The second kappa shape index (κ2) is 8.19. The molecule has 1 aliphatic carbocycles. The van der Waals surface area contributed by atoms with Crippen LogP contribution in [0.15, 0.2) is 72.8 Å². The van der Waals surface area contributed by atoms with E-state index in [-0.39, 0.29) is 6.61 Å². The van der Waals surface area contributed by atoms with Crippen molar-refractivity contribution in [3.8, 4) is 16.9 Å². The third kappa shape index (κ3) is 3.59. The highest BCUT2D eigenvalue weighted by atomic mass is 16.6. The molecular weight excluding hydrogens is 368 g/mol. The Hall–Kier alpha value is -3.60. The topological polar surface area (TPSA) is 61.8 Å². The maximum absolute atomic E-state index is 12.9. The number of methoxy groups -OCH3 is 1. The van der Waals surface area contributed by atoms with Crippen molar-refractivity contribution in [3.05, 3.63) is 89.5 Å². The molecule has 0 bridgehead atoms. The first kappa shape index (κ1) is 18.7. The van der Waals surface area contributed by atoms with Gasteiger partial charge in [-0.05, 0) is 39.9 Å². The van der Waals surface area contributed by atoms with Crippen molar-refractivity contribution in [2.24, 2.45) is 0 Å². The molecule has 5 nitrogen and oxygen atoms in total. The van der Waals surface area contributed by atoms with Crippen LogP contribution in [0.5, 0.6) is 5.75 Å². The second-order valence-corrected chi connectivity index (χ2v) is 6.76. The van der Waals surface area contributed by atoms with E-state index in [0.29, 0.717) is 6.47 Å². The van der Waals surface area contributed by atoms with E-state index in [2.05, 4.69) is 0 Å². The summed E-state index contributed by atoms with van der Waals surface area (Å²) in [4.78, 5) is 24.1. The van der Waals surface area contributed by atoms with Crippen molar-refractivity contribution in [2.45, 2.75) is 18.6 Å². The van der Waals surface area contributed by atoms with Gasteiger partial charge in [-0.1, -0.05) is 60.7 Å². The maximum atomic E-state index is 12.9. The lowest BCUT2D eigenvalue weighted by Gasteiger charge is -2.22. The molecule has 5 heteroatoms. The Morgan fingerprint density at radius 2 is 1.52 bits per heavy atom. The molecule has 0 saturated heterocycles. The van der Waals surface area contributed by atoms with E-state index < -0.39 is 18.0 Å². The van der Waals surface area contributed by atoms with Gasteiger partial charge < -0.3 is 14.2 Å². The molecular formula is C24H20O5. The van der Waals surface area contributed by atoms with Crippen LogP contribution in [0, 0.1) is 0 Å². The van der Waals surface area contributed by atoms with E-state index >= 15 is 0 Å². The first-order chi connectivity index (χ1) is 14.2. The van der Waals surface area contributed by atoms with Gasteiger partial charge in [0.2, 0.25) is 6.10 Å². The minimum absolute atomic E-state index is 0.0809. The minimum Gasteiger partial charge on any atom is -0.497 e. The summed E-state index contributed by atoms with van der Waals surface area (Å²) in [6.45, 7) is 0.389. The van der Waals surface area contributed by atoms with Gasteiger partial charge in [-0.25, -0.2) is 4.79 Å². The molecule has 0 spiro atoms. The zero-order valence-corrected chi connectivity index (χ0v) is 15.9. The Labute approximate surface area is 168 Å². The van der Waals surface area contributed by atoms with Crippen LogP contribution >= 0.6 is 0 Å². The quantitative estimate of drug-likeness (QED) is 0.451. The molecule has 0 radical (unpaired) electrons. The van der Waals surface area contributed by atoms with Crippen molar-refractivity contribution < 1.29 is 23.8 Å². The van der Waals surface area contributed by atoms with Crippen LogP contribution in [-0.2, 0) is 25.7 Å². The van der Waals surface area contributed by atoms with E-state index in [1.807, 2.05) is 60.7 Å². The predicted octanol–water partition coefficient (Wildman–Crippen LogP) is 4.09. The Morgan fingerprint density at radius 3 is 2.07 bits per heavy atom. The van der Waals surface area contributed by atoms with E-state index in [9.17, 15) is 9.59 Å². The lowest BCUT2D eigenvalue weighted by Crippen LogP contribution is -2.32. The third-order valence-corrected chi connectivity index (χ3v) is 5.16. The highest BCUT2D eigenvalue weighted by Gasteiger charge is 2.40. The molecule has 0 aromatic heterocycles. The van der Waals surface area contributed by atoms with Crippen LogP contribution in [0.2, 0.25) is 0 Å². The van der Waals surface area contributed by atoms with Gasteiger partial charge in [0.05, 0.1) is 13.0 Å². The highest BCUT2D eigenvalue weighted by molar-refractivity contribution is 5.85. The summed E-state index contributed by atoms with van der Waals surface area (Å²) in [7, 11) is 1.59. The molecule has 146 valence electrons. The first-order valence-corrected chi connectivity index (χ1v) is 9.30. The average molecular weight is 388 g/mol. The summed E-state index contributed by atoms with van der Waals surface area (Å²) in [6.07, 6.45) is -1.06. The lowest BCUT2D eigenvalue weighted by molar-refractivity contribution is -0.163. The number of benzene rings is 3. The van der Waals surface area contributed by atoms with Gasteiger partial charge in [0, 0.05) is 0 Å². The Kier molecular flexibility index (Phi) is 5.29. The number of hydrogen-bond acceptors (Lipinski definition) is 5. The first-order valence-electron chi connectivity index (χ1n) is 9.30. The van der Waals surface area contributed by atoms with E-state index in [1.165, 1.54) is 0 Å². The normalized spacial score (nSPS) is 13.1. The van der Waals surface area contributed by atoms with Crippen LogP contribution in [0.1, 0.15) is 22.6 Å². The molecule has 0 amide bonds. The van der Waals surface area contributed by atoms with E-state index in [1.54, 1.807) is 19.2 Å². The molecule has 1 unspecified atom stereocenters. The summed E-state index contributed by atoms with van der Waals surface area (Å²) in [5, 5.41) is 0. The summed E-state index contributed by atoms with van der Waals surface area (Å²) >= 11 is 0. The summed E-state index contributed by atoms with van der Waals surface area (Å²) < 4.78 is 15.9. The Morgan fingerprint density at radius 1 is 0.931 bits per heavy atom. The van der Waals surface area contributed by atoms with Crippen LogP contribution < -0.4 is 4.74 Å². The number of rotatable bonds is 7. The van der Waals surface area contributed by atoms with Crippen molar-refractivity contribution in [1.29, 1.82) is 0 Å². The van der Waals surface area contributed by atoms with Crippen LogP contribution in [0.25, 0.3) is 11.1 Å². The monoisotopic (exact) mass is 388 g/mol. The van der Waals surface area contributed by atoms with Crippen LogP contribution in [0.4, 0.5) is 0 Å². The van der Waals surface area contributed by atoms with Crippen molar-refractivity contribution in [1.82, 2.24) is 0 Å². The second-order valence-electron chi connectivity index (χ2n) is 6.76. The van der Waals surface area contributed by atoms with E-state index in [4.69, 9.17) is 14.2 Å². The van der Waals surface area contributed by atoms with Gasteiger partial charge >= 0.3 is 5.97 Å². The van der Waals surface area contributed by atoms with Crippen molar-refractivity contribution in [2.75, 3.05) is 7.11 Å². The minimum atomic E-state index is -1.06. The summed E-state index contributed by atoms with van der Waals surface area (Å²) in [5.41, 5.74) is 4.78. The number of carbonyl (C=O) groups is 2. The average Bonchev–Trinajstić information content (AvgIpc) is 3.10. The Bertz CT molecular complexity index is 980. The smallest absolute Gasteiger partial charge is 0.348 e. The van der Waals surface area contributed by atoms with Crippen molar-refractivity contribution >= 4 is 12.4 Å². The van der Waals surface area contributed by atoms with Gasteiger partial charge in [0.25, 0.3) is 6.47 Å². The van der Waals surface area contributed by atoms with Crippen molar-refractivity contribution in [3.63, 3.8) is 0 Å². The van der Waals surface area contributed by atoms with Gasteiger partial charge in [-0.3, -0.25) is 4.79 Å². The molecule has 0 aliphatic heterocycles. The van der Waals surface area contributed by atoms with Crippen LogP contribution in [-0.4, -0.2) is 25.7 Å². The molecule has 29 heavy (non-hydrogen) atoms. The zero-order valence-electron chi connectivity index (χ0n) is 15.9. The Balaban J connectivity index is 1.60. The zero-order chi connectivity index (χ0) is 20.2. The highest BCUT2D eigenvalue weighted by Crippen LogP contribution is 2.46. The van der Waals surface area contributed by atoms with Gasteiger partial charge in [0.15, 0.2) is 0 Å². The molecule has 0 fully saturated rings. The largest absolute Gasteiger partial charge is 0.497 e. The van der Waals surface area contributed by atoms with Crippen LogP contribution in [0.3, 0.4) is 0 Å². The number of esters is 1. The van der Waals surface area contributed by atoms with E-state index in [0.717, 1.165) is 33.6 Å². The number of fused-ring (bicyclic) bond motifs is 3. The van der Waals surface area contributed by atoms with Gasteiger partial charge in [-0.2, -0.15) is 0 Å². The predicted molar refractivity (Wildman–Crippen MR) is 107 cm³/mol. The fraction of sp³-hybridized carbons (Fsp3) is 0.167. The molecule has 0 saturated carbocycles. The standard InChI is InChI=1S/C24H20O5/c1-27-17-12-10-16(11-13-17)14-28-24(26)23(29-15-25)22-20-8-4-2-6-18(20)19-7-3-5-9-21(19)22/h2-13,15,22-23H,14H2,1H3. The summed E-state index contributed by atoms with van der Waals surface area (Å²) in [5.74, 6) is -0.262. The molecule has 3 aromatic carbocycles. The molecule has 3 aromatic rings. The molecule has 0 N–H and O–H groups in total. The third-order valence-electron chi connectivity index (χ3n) is 5.16. The lowest BCUT2D eigenvalue weighted by atomic mass is 9.91. The van der Waals surface area contributed by atoms with Gasteiger partial charge in [-0.15, -0.1) is 0 Å². The molecule has 4 rings (SSSR count). The number of ether oxygens (including phenoxy) is 3. The maximum Gasteiger partial charge on any atom is 0.348 e. The molecule has 1 aliphatic rings. The SMILES string of the molecule is COc1ccc(COC(=O)C(OC=O)C2c3ccccc3-c3ccccc32)cc1. The fourth-order valence-corrected chi connectivity index (χ4v) is 3.81. The molecule has 1 atom stereocenters. The number of carbonyl (C=O) groups excluding carboxylic acids is 2. The number of hydrogen-bond donors (Lipinski definition) is 0. The van der Waals surface area contributed by atoms with Gasteiger partial charge in [0.1, 0.15) is 12.4 Å². The fourth-order valence-electron chi connectivity index (χ4n) is 3.81. The molecule has 0 heterocycles.